The van der Waals surface area contributed by atoms with Crippen LogP contribution in [-0.4, -0.2) is 80.2 Å². The Labute approximate surface area is 234 Å². The molecule has 0 saturated carbocycles. The van der Waals surface area contributed by atoms with Crippen molar-refractivity contribution in [2.45, 2.75) is 32.2 Å². The molecule has 0 aliphatic carbocycles. The van der Waals surface area contributed by atoms with Crippen LogP contribution in [0.1, 0.15) is 30.6 Å². The number of hydrogen-bond acceptors (Lipinski definition) is 12. The third kappa shape index (κ3) is 7.03. The maximum Gasteiger partial charge on any atom is 0.243 e. The van der Waals surface area contributed by atoms with Crippen molar-refractivity contribution in [1.82, 2.24) is 35.6 Å². The smallest absolute Gasteiger partial charge is 0.243 e. The molecule has 1 aliphatic rings. The number of aromatic nitrogens is 4. The van der Waals surface area contributed by atoms with E-state index < -0.39 is 0 Å². The molecule has 5 rings (SSSR count). The van der Waals surface area contributed by atoms with Gasteiger partial charge in [0.1, 0.15) is 5.82 Å². The average molecular weight is 573 g/mol. The van der Waals surface area contributed by atoms with Gasteiger partial charge in [-0.2, -0.15) is 10.2 Å². The van der Waals surface area contributed by atoms with Crippen LogP contribution in [0.15, 0.2) is 30.5 Å². The third-order valence-corrected chi connectivity index (χ3v) is 7.87. The van der Waals surface area contributed by atoms with Crippen LogP contribution in [0.4, 0.5) is 5.82 Å². The van der Waals surface area contributed by atoms with E-state index >= 15 is 0 Å². The van der Waals surface area contributed by atoms with Gasteiger partial charge >= 0.3 is 0 Å². The Morgan fingerprint density at radius 3 is 2.90 bits per heavy atom. The van der Waals surface area contributed by atoms with E-state index in [-0.39, 0.29) is 5.91 Å². The molecule has 0 bridgehead atoms. The van der Waals surface area contributed by atoms with Gasteiger partial charge < -0.3 is 5.32 Å². The van der Waals surface area contributed by atoms with Gasteiger partial charge in [-0.15, -0.1) is 20.7 Å². The number of anilines is 1. The van der Waals surface area contributed by atoms with Gasteiger partial charge in [-0.05, 0) is 25.0 Å². The summed E-state index contributed by atoms with van der Waals surface area (Å²) in [6, 6.07) is 8.15. The van der Waals surface area contributed by atoms with Crippen LogP contribution in [0.2, 0.25) is 0 Å². The topological polar surface area (TPSA) is 141 Å². The van der Waals surface area contributed by atoms with Crippen molar-refractivity contribution >= 4 is 56.2 Å². The van der Waals surface area contributed by atoms with Crippen LogP contribution >= 0.6 is 23.4 Å². The number of carbonyl (C=O) groups excluding carboxylic acids is 1. The molecule has 0 spiro atoms. The van der Waals surface area contributed by atoms with Crippen LogP contribution in [0, 0.1) is 0 Å². The maximum absolute atomic E-state index is 11.2. The second-order valence-electron chi connectivity index (χ2n) is 9.25. The minimum Gasteiger partial charge on any atom is -0.369 e. The lowest BCUT2D eigenvalue weighted by Crippen LogP contribution is -2.45. The highest BCUT2D eigenvalue weighted by molar-refractivity contribution is 7.93. The van der Waals surface area contributed by atoms with Gasteiger partial charge in [-0.25, -0.2) is 15.4 Å². The number of nitrogens with zero attached hydrogens (tertiary/aromatic N) is 5. The number of unbranched alkanes of at least 4 members (excludes halogenated alkanes) is 2. The fourth-order valence-electron chi connectivity index (χ4n) is 4.57. The molecule has 39 heavy (non-hydrogen) atoms. The molecule has 14 heteroatoms. The minimum absolute atomic E-state index is 0.312. The standard InChI is InChI=1S/C25H32N8O4S2/c1-38-37-36-33-12-10-32(11-13-33)16-17-14-21-23(39-17)25(26-9-4-2-3-8-22(34)31-35)29-24(28-21)18-6-5-7-20-19(18)15-27-30-20/h5-7,14-15,35H,2-4,8-13,16H2,1H3,(H,27,30)(H,31,34)(H,26,28,29). The van der Waals surface area contributed by atoms with Crippen molar-refractivity contribution in [3.8, 4) is 11.4 Å². The fourth-order valence-corrected chi connectivity index (χ4v) is 5.82. The number of fused-ring (bicyclic) bond motifs is 2. The number of amides is 1. The summed E-state index contributed by atoms with van der Waals surface area (Å²) in [7, 11) is 0. The summed E-state index contributed by atoms with van der Waals surface area (Å²) < 4.78 is 6.02. The first kappa shape index (κ1) is 27.7. The monoisotopic (exact) mass is 572 g/mol. The Morgan fingerprint density at radius 2 is 2.08 bits per heavy atom. The molecule has 0 unspecified atom stereocenters. The number of nitrogens with one attached hydrogen (secondary N) is 3. The van der Waals surface area contributed by atoms with Gasteiger partial charge in [0.05, 0.1) is 21.9 Å². The van der Waals surface area contributed by atoms with E-state index in [1.54, 1.807) is 23.0 Å². The number of benzene rings is 1. The fraction of sp³-hybridized carbons (Fsp3) is 0.440. The van der Waals surface area contributed by atoms with Gasteiger partial charge in [0.25, 0.3) is 0 Å². The molecule has 3 aromatic heterocycles. The molecule has 0 radical (unpaired) electrons. The average Bonchev–Trinajstić information content (AvgIpc) is 3.61. The van der Waals surface area contributed by atoms with Gasteiger partial charge in [-0.3, -0.25) is 20.0 Å². The molecule has 4 aromatic rings. The lowest BCUT2D eigenvalue weighted by Gasteiger charge is -2.32. The van der Waals surface area contributed by atoms with E-state index in [9.17, 15) is 4.79 Å². The molecule has 4 N–H and O–H groups in total. The normalized spacial score (nSPS) is 14.8. The first-order valence-corrected chi connectivity index (χ1v) is 14.9. The van der Waals surface area contributed by atoms with Crippen molar-refractivity contribution < 1.29 is 19.3 Å². The number of H-pyrrole nitrogens is 1. The summed E-state index contributed by atoms with van der Waals surface area (Å²) in [5, 5.41) is 22.2. The van der Waals surface area contributed by atoms with Gasteiger partial charge in [0, 0.05) is 79.8 Å². The Balaban J connectivity index is 1.33. The summed E-state index contributed by atoms with van der Waals surface area (Å²) in [5.74, 6) is 1.11. The molecular formula is C25H32N8O4S2. The van der Waals surface area contributed by atoms with Crippen molar-refractivity contribution in [1.29, 1.82) is 0 Å². The largest absolute Gasteiger partial charge is 0.369 e. The number of hydrogen-bond donors (Lipinski definition) is 4. The highest BCUT2D eigenvalue weighted by Gasteiger charge is 2.21. The molecule has 0 atom stereocenters. The molecule has 1 saturated heterocycles. The predicted octanol–water partition coefficient (Wildman–Crippen LogP) is 3.97. The zero-order chi connectivity index (χ0) is 27.0. The molecule has 1 aromatic carbocycles. The number of thiophene rings is 1. The lowest BCUT2D eigenvalue weighted by atomic mass is 10.1. The number of carbonyl (C=O) groups is 1. The molecule has 12 nitrogen and oxygen atoms in total. The van der Waals surface area contributed by atoms with Crippen LogP contribution in [0.25, 0.3) is 32.5 Å². The lowest BCUT2D eigenvalue weighted by molar-refractivity contribution is -0.365. The van der Waals surface area contributed by atoms with Crippen LogP contribution < -0.4 is 10.8 Å². The summed E-state index contributed by atoms with van der Waals surface area (Å²) in [6.07, 6.45) is 6.40. The quantitative estimate of drug-likeness (QED) is 0.0608. The van der Waals surface area contributed by atoms with E-state index in [1.807, 2.05) is 29.5 Å². The van der Waals surface area contributed by atoms with Gasteiger partial charge in [0.2, 0.25) is 5.91 Å². The van der Waals surface area contributed by atoms with Crippen molar-refractivity contribution in [3.05, 3.63) is 35.3 Å². The van der Waals surface area contributed by atoms with Gasteiger partial charge in [-0.1, -0.05) is 18.6 Å². The van der Waals surface area contributed by atoms with Gasteiger partial charge in [0.15, 0.2) is 5.82 Å². The second-order valence-corrected chi connectivity index (χ2v) is 10.9. The van der Waals surface area contributed by atoms with E-state index in [0.29, 0.717) is 18.7 Å². The summed E-state index contributed by atoms with van der Waals surface area (Å²) in [5.41, 5.74) is 4.46. The number of aromatic amines is 1. The Bertz CT molecular complexity index is 1390. The van der Waals surface area contributed by atoms with Crippen molar-refractivity contribution in [2.24, 2.45) is 0 Å². The predicted molar refractivity (Wildman–Crippen MR) is 152 cm³/mol. The summed E-state index contributed by atoms with van der Waals surface area (Å²) >= 11 is 2.90. The second kappa shape index (κ2) is 13.5. The zero-order valence-corrected chi connectivity index (χ0v) is 23.3. The molecule has 1 aliphatic heterocycles. The molecule has 1 fully saturated rings. The first-order valence-electron chi connectivity index (χ1n) is 12.9. The molecular weight excluding hydrogens is 540 g/mol. The zero-order valence-electron chi connectivity index (χ0n) is 21.7. The van der Waals surface area contributed by atoms with E-state index in [0.717, 1.165) is 84.6 Å². The van der Waals surface area contributed by atoms with E-state index in [1.165, 1.54) is 16.9 Å². The highest BCUT2D eigenvalue weighted by atomic mass is 32.2. The minimum atomic E-state index is -0.355. The Kier molecular flexibility index (Phi) is 9.58. The molecule has 1 amide bonds. The Hall–Kier alpha value is -2.85. The van der Waals surface area contributed by atoms with Crippen molar-refractivity contribution in [2.75, 3.05) is 44.3 Å². The third-order valence-electron chi connectivity index (χ3n) is 6.56. The van der Waals surface area contributed by atoms with E-state index in [4.69, 9.17) is 24.5 Å². The number of piperazine rings is 1. The van der Waals surface area contributed by atoms with Crippen LogP contribution in [0.3, 0.4) is 0 Å². The number of hydroxylamine groups is 3. The van der Waals surface area contributed by atoms with E-state index in [2.05, 4.69) is 26.5 Å². The first-order chi connectivity index (χ1) is 19.1. The van der Waals surface area contributed by atoms with Crippen molar-refractivity contribution in [3.63, 3.8) is 0 Å². The highest BCUT2D eigenvalue weighted by Crippen LogP contribution is 2.34. The Morgan fingerprint density at radius 1 is 1.21 bits per heavy atom. The van der Waals surface area contributed by atoms with Crippen LogP contribution in [-0.2, 0) is 20.7 Å². The number of rotatable bonds is 13. The maximum atomic E-state index is 11.2. The molecule has 208 valence electrons. The summed E-state index contributed by atoms with van der Waals surface area (Å²) in [4.78, 5) is 30.1. The summed E-state index contributed by atoms with van der Waals surface area (Å²) in [6.45, 7) is 4.86. The van der Waals surface area contributed by atoms with Crippen LogP contribution in [0.5, 0.6) is 0 Å². The molecule has 4 heterocycles. The SMILES string of the molecule is CSOON1CCN(Cc2cc3nc(-c4cccc5[nH]ncc45)nc(NCCCCCC(=O)NO)c3s2)CC1.